The smallest absolute Gasteiger partial charge is 0.142 e. The van der Waals surface area contributed by atoms with Crippen molar-refractivity contribution >= 4 is 15.9 Å². The minimum absolute atomic E-state index is 0.551. The van der Waals surface area contributed by atoms with Crippen LogP contribution in [0.3, 0.4) is 0 Å². The molecule has 0 amide bonds. The molecule has 18 heavy (non-hydrogen) atoms. The summed E-state index contributed by atoms with van der Waals surface area (Å²) in [5.41, 5.74) is 0.770. The van der Waals surface area contributed by atoms with Crippen LogP contribution >= 0.6 is 15.9 Å². The third kappa shape index (κ3) is 3.60. The molecule has 0 bridgehead atoms. The van der Waals surface area contributed by atoms with Crippen LogP contribution in [0.1, 0.15) is 18.1 Å². The van der Waals surface area contributed by atoms with E-state index in [0.29, 0.717) is 17.9 Å². The first-order valence-electron chi connectivity index (χ1n) is 5.74. The van der Waals surface area contributed by atoms with Crippen molar-refractivity contribution in [2.75, 3.05) is 34.9 Å². The number of benzene rings is 1. The molecule has 0 saturated carbocycles. The van der Waals surface area contributed by atoms with Crippen LogP contribution in [-0.4, -0.2) is 44.9 Å². The summed E-state index contributed by atoms with van der Waals surface area (Å²) in [6.07, 6.45) is 0.104. The Labute approximate surface area is 117 Å². The highest BCUT2D eigenvalue weighted by atomic mass is 79.9. The van der Waals surface area contributed by atoms with E-state index in [9.17, 15) is 5.11 Å². The Morgan fingerprint density at radius 3 is 2.44 bits per heavy atom. The summed E-state index contributed by atoms with van der Waals surface area (Å²) >= 11 is 3.43. The van der Waals surface area contributed by atoms with Crippen molar-refractivity contribution in [1.82, 2.24) is 4.90 Å². The Balaban J connectivity index is 2.97. The van der Waals surface area contributed by atoms with Gasteiger partial charge in [-0.05, 0) is 48.6 Å². The van der Waals surface area contributed by atoms with Crippen LogP contribution < -0.4 is 9.47 Å². The number of rotatable bonds is 6. The van der Waals surface area contributed by atoms with Gasteiger partial charge in [0, 0.05) is 12.1 Å². The summed E-state index contributed by atoms with van der Waals surface area (Å²) in [6, 6.07) is 3.66. The monoisotopic (exact) mass is 317 g/mol. The summed E-state index contributed by atoms with van der Waals surface area (Å²) in [5.74, 6) is 1.32. The predicted molar refractivity (Wildman–Crippen MR) is 75.4 cm³/mol. The summed E-state index contributed by atoms with van der Waals surface area (Å²) < 4.78 is 11.3. The van der Waals surface area contributed by atoms with Crippen molar-refractivity contribution in [2.45, 2.75) is 12.5 Å². The lowest BCUT2D eigenvalue weighted by atomic mass is 10.0. The third-order valence-electron chi connectivity index (χ3n) is 2.72. The van der Waals surface area contributed by atoms with Crippen LogP contribution in [0.4, 0.5) is 0 Å². The molecule has 1 rings (SSSR count). The molecule has 5 heteroatoms. The van der Waals surface area contributed by atoms with E-state index in [1.807, 2.05) is 31.1 Å². The number of ether oxygens (including phenoxy) is 2. The van der Waals surface area contributed by atoms with Crippen molar-refractivity contribution < 1.29 is 14.6 Å². The van der Waals surface area contributed by atoms with E-state index in [1.165, 1.54) is 0 Å². The average Bonchev–Trinajstić information content (AvgIpc) is 2.35. The Kier molecular flexibility index (Phi) is 5.91. The number of nitrogens with zero attached hydrogens (tertiary/aromatic N) is 1. The molecule has 0 heterocycles. The topological polar surface area (TPSA) is 41.9 Å². The van der Waals surface area contributed by atoms with Crippen molar-refractivity contribution in [3.63, 3.8) is 0 Å². The van der Waals surface area contributed by atoms with Gasteiger partial charge in [0.25, 0.3) is 0 Å². The Hall–Kier alpha value is -0.780. The maximum atomic E-state index is 10.2. The van der Waals surface area contributed by atoms with Gasteiger partial charge in [-0.15, -0.1) is 0 Å². The van der Waals surface area contributed by atoms with Gasteiger partial charge in [-0.3, -0.25) is 0 Å². The highest BCUT2D eigenvalue weighted by molar-refractivity contribution is 9.10. The van der Waals surface area contributed by atoms with E-state index in [-0.39, 0.29) is 0 Å². The second kappa shape index (κ2) is 6.97. The van der Waals surface area contributed by atoms with E-state index < -0.39 is 6.10 Å². The van der Waals surface area contributed by atoms with Gasteiger partial charge in [0.05, 0.1) is 20.3 Å². The highest BCUT2D eigenvalue weighted by Gasteiger charge is 2.18. The van der Waals surface area contributed by atoms with Crippen molar-refractivity contribution in [1.29, 1.82) is 0 Å². The van der Waals surface area contributed by atoms with Gasteiger partial charge >= 0.3 is 0 Å². The first kappa shape index (κ1) is 15.3. The maximum Gasteiger partial charge on any atom is 0.142 e. The largest absolute Gasteiger partial charge is 0.495 e. The van der Waals surface area contributed by atoms with Gasteiger partial charge in [0.2, 0.25) is 0 Å². The van der Waals surface area contributed by atoms with Crippen LogP contribution in [0.25, 0.3) is 0 Å². The summed E-state index contributed by atoms with van der Waals surface area (Å²) in [5, 5.41) is 10.2. The van der Waals surface area contributed by atoms with Crippen LogP contribution in [0.15, 0.2) is 16.6 Å². The van der Waals surface area contributed by atoms with Crippen molar-refractivity contribution in [3.05, 3.63) is 22.2 Å². The molecule has 1 aromatic rings. The molecule has 0 aliphatic rings. The van der Waals surface area contributed by atoms with Gasteiger partial charge in [0.1, 0.15) is 16.0 Å². The SMILES string of the molecule is COc1ccc(C(O)CCN(C)C)c(OC)c1Br. The summed E-state index contributed by atoms with van der Waals surface area (Å²) in [6.45, 7) is 0.813. The van der Waals surface area contributed by atoms with Gasteiger partial charge in [-0.2, -0.15) is 0 Å². The average molecular weight is 318 g/mol. The Morgan fingerprint density at radius 1 is 1.28 bits per heavy atom. The quantitative estimate of drug-likeness (QED) is 0.875. The molecular weight excluding hydrogens is 298 g/mol. The van der Waals surface area contributed by atoms with Gasteiger partial charge in [-0.25, -0.2) is 0 Å². The van der Waals surface area contributed by atoms with Gasteiger partial charge in [-0.1, -0.05) is 0 Å². The highest BCUT2D eigenvalue weighted by Crippen LogP contribution is 2.40. The lowest BCUT2D eigenvalue weighted by molar-refractivity contribution is 0.150. The third-order valence-corrected chi connectivity index (χ3v) is 3.48. The zero-order chi connectivity index (χ0) is 13.7. The fourth-order valence-corrected chi connectivity index (χ4v) is 2.40. The van der Waals surface area contributed by atoms with Crippen LogP contribution in [-0.2, 0) is 0 Å². The fraction of sp³-hybridized carbons (Fsp3) is 0.538. The summed E-state index contributed by atoms with van der Waals surface area (Å²) in [7, 11) is 7.14. The zero-order valence-corrected chi connectivity index (χ0v) is 12.8. The molecule has 1 unspecified atom stereocenters. The fourth-order valence-electron chi connectivity index (χ4n) is 1.72. The Bertz CT molecular complexity index is 396. The molecule has 1 atom stereocenters. The van der Waals surface area contributed by atoms with Gasteiger partial charge < -0.3 is 19.5 Å². The Morgan fingerprint density at radius 2 is 1.94 bits per heavy atom. The lowest BCUT2D eigenvalue weighted by Gasteiger charge is -2.19. The number of hydrogen-bond acceptors (Lipinski definition) is 4. The minimum atomic E-state index is -0.551. The number of methoxy groups -OCH3 is 2. The molecule has 0 spiro atoms. The van der Waals surface area contributed by atoms with Crippen LogP contribution in [0.5, 0.6) is 11.5 Å². The second-order valence-corrected chi connectivity index (χ2v) is 5.11. The number of halogens is 1. The number of aliphatic hydroxyl groups excluding tert-OH is 1. The first-order valence-corrected chi connectivity index (χ1v) is 6.53. The van der Waals surface area contributed by atoms with Crippen LogP contribution in [0.2, 0.25) is 0 Å². The minimum Gasteiger partial charge on any atom is -0.495 e. The molecule has 1 aromatic carbocycles. The number of aliphatic hydroxyl groups is 1. The van der Waals surface area contributed by atoms with E-state index in [1.54, 1.807) is 14.2 Å². The van der Waals surface area contributed by atoms with Crippen LogP contribution in [0, 0.1) is 0 Å². The molecule has 0 radical (unpaired) electrons. The molecular formula is C13H20BrNO3. The first-order chi connectivity index (χ1) is 8.51. The standard InChI is InChI=1S/C13H20BrNO3/c1-15(2)8-7-10(16)9-5-6-11(17-3)12(14)13(9)18-4/h5-6,10,16H,7-8H2,1-4H3. The van der Waals surface area contributed by atoms with E-state index >= 15 is 0 Å². The molecule has 0 aliphatic carbocycles. The normalized spacial score (nSPS) is 12.6. The maximum absolute atomic E-state index is 10.2. The molecule has 4 nitrogen and oxygen atoms in total. The molecule has 0 fully saturated rings. The molecule has 0 saturated heterocycles. The van der Waals surface area contributed by atoms with Crippen molar-refractivity contribution in [3.8, 4) is 11.5 Å². The molecule has 102 valence electrons. The zero-order valence-electron chi connectivity index (χ0n) is 11.2. The van der Waals surface area contributed by atoms with E-state index in [0.717, 1.165) is 16.6 Å². The van der Waals surface area contributed by atoms with E-state index in [2.05, 4.69) is 15.9 Å². The van der Waals surface area contributed by atoms with E-state index in [4.69, 9.17) is 9.47 Å². The molecule has 0 aromatic heterocycles. The van der Waals surface area contributed by atoms with Crippen molar-refractivity contribution in [2.24, 2.45) is 0 Å². The number of hydrogen-bond donors (Lipinski definition) is 1. The van der Waals surface area contributed by atoms with Gasteiger partial charge in [0.15, 0.2) is 0 Å². The summed E-state index contributed by atoms with van der Waals surface area (Å²) in [4.78, 5) is 2.04. The second-order valence-electron chi connectivity index (χ2n) is 4.31. The lowest BCUT2D eigenvalue weighted by Crippen LogP contribution is -2.16. The predicted octanol–water partition coefficient (Wildman–Crippen LogP) is 2.45. The molecule has 1 N–H and O–H groups in total. The molecule has 0 aliphatic heterocycles.